The van der Waals surface area contributed by atoms with Gasteiger partial charge in [0, 0.05) is 23.8 Å². The third kappa shape index (κ3) is 4.25. The molecular formula is C16H13Cl2N5OS. The van der Waals surface area contributed by atoms with Gasteiger partial charge in [-0.3, -0.25) is 9.78 Å². The molecule has 0 saturated heterocycles. The van der Waals surface area contributed by atoms with Crippen LogP contribution in [0.2, 0.25) is 10.2 Å². The number of rotatable bonds is 4. The Balaban J connectivity index is 1.75. The van der Waals surface area contributed by atoms with Gasteiger partial charge in [-0.1, -0.05) is 34.5 Å². The molecule has 0 aromatic carbocycles. The van der Waals surface area contributed by atoms with Crippen LogP contribution in [-0.4, -0.2) is 20.9 Å². The number of aryl methyl sites for hydroxylation is 2. The maximum absolute atomic E-state index is 12.4. The molecule has 0 aliphatic rings. The van der Waals surface area contributed by atoms with Crippen LogP contribution >= 0.6 is 34.5 Å². The lowest BCUT2D eigenvalue weighted by Crippen LogP contribution is -2.11. The van der Waals surface area contributed by atoms with Crippen LogP contribution in [0.25, 0.3) is 0 Å². The Hall–Kier alpha value is -2.22. The predicted octanol–water partition coefficient (Wildman–Crippen LogP) is 4.85. The van der Waals surface area contributed by atoms with Gasteiger partial charge in [-0.25, -0.2) is 9.97 Å². The first-order valence-electron chi connectivity index (χ1n) is 7.21. The molecule has 25 heavy (non-hydrogen) atoms. The summed E-state index contributed by atoms with van der Waals surface area (Å²) in [5, 5.41) is 7.25. The Labute approximate surface area is 158 Å². The van der Waals surface area contributed by atoms with Gasteiger partial charge >= 0.3 is 0 Å². The van der Waals surface area contributed by atoms with E-state index in [1.54, 1.807) is 12.3 Å². The topological polar surface area (TPSA) is 79.8 Å². The van der Waals surface area contributed by atoms with Crippen molar-refractivity contribution in [1.29, 1.82) is 0 Å². The van der Waals surface area contributed by atoms with Gasteiger partial charge in [0.15, 0.2) is 5.13 Å². The predicted molar refractivity (Wildman–Crippen MR) is 101 cm³/mol. The van der Waals surface area contributed by atoms with Crippen molar-refractivity contribution in [1.82, 2.24) is 15.0 Å². The normalized spacial score (nSPS) is 10.6. The van der Waals surface area contributed by atoms with E-state index in [4.69, 9.17) is 23.2 Å². The van der Waals surface area contributed by atoms with Gasteiger partial charge in [-0.05, 0) is 31.5 Å². The van der Waals surface area contributed by atoms with Gasteiger partial charge in [0.25, 0.3) is 5.91 Å². The van der Waals surface area contributed by atoms with E-state index in [2.05, 4.69) is 25.6 Å². The molecular weight excluding hydrogens is 381 g/mol. The van der Waals surface area contributed by atoms with E-state index < -0.39 is 0 Å². The summed E-state index contributed by atoms with van der Waals surface area (Å²) in [5.41, 5.74) is 2.87. The second kappa shape index (κ2) is 7.35. The van der Waals surface area contributed by atoms with E-state index in [0.717, 1.165) is 16.9 Å². The van der Waals surface area contributed by atoms with Crippen LogP contribution in [0.1, 0.15) is 20.9 Å². The standard InChI is InChI=1S/C16H13Cl2N5OS/c1-8-5-19-6-11(17)14(8)23-15(24)12-7-20-16(25-12)22-10-3-9(2)21-13(18)4-10/h3-7H,1-2H3,(H,19,23,24)(H,20,21,22). The molecule has 128 valence electrons. The largest absolute Gasteiger partial charge is 0.331 e. The van der Waals surface area contributed by atoms with E-state index in [-0.39, 0.29) is 5.91 Å². The van der Waals surface area contributed by atoms with Gasteiger partial charge < -0.3 is 10.6 Å². The first-order valence-corrected chi connectivity index (χ1v) is 8.78. The first-order chi connectivity index (χ1) is 11.9. The van der Waals surface area contributed by atoms with Gasteiger partial charge in [0.05, 0.1) is 16.9 Å². The Bertz CT molecular complexity index is 904. The molecule has 0 fully saturated rings. The van der Waals surface area contributed by atoms with E-state index in [1.807, 2.05) is 19.9 Å². The van der Waals surface area contributed by atoms with Crippen molar-refractivity contribution in [3.63, 3.8) is 0 Å². The fourth-order valence-corrected chi connectivity index (χ4v) is 3.36. The molecule has 0 atom stereocenters. The average Bonchev–Trinajstić information content (AvgIpc) is 2.98. The molecule has 9 heteroatoms. The number of amides is 1. The van der Waals surface area contributed by atoms with Crippen LogP contribution in [0.3, 0.4) is 0 Å². The number of carbonyl (C=O) groups excluding carboxylic acids is 1. The fourth-order valence-electron chi connectivity index (χ4n) is 2.13. The zero-order valence-corrected chi connectivity index (χ0v) is 15.6. The quantitative estimate of drug-likeness (QED) is 0.619. The number of hydrogen-bond acceptors (Lipinski definition) is 6. The fraction of sp³-hybridized carbons (Fsp3) is 0.125. The number of nitrogens with zero attached hydrogens (tertiary/aromatic N) is 3. The highest BCUT2D eigenvalue weighted by atomic mass is 35.5. The molecule has 0 aliphatic carbocycles. The number of pyridine rings is 2. The van der Waals surface area contributed by atoms with Crippen molar-refractivity contribution >= 4 is 57.0 Å². The number of nitrogens with one attached hydrogen (secondary N) is 2. The average molecular weight is 394 g/mol. The summed E-state index contributed by atoms with van der Waals surface area (Å²) >= 11 is 13.2. The number of hydrogen-bond donors (Lipinski definition) is 2. The second-order valence-electron chi connectivity index (χ2n) is 5.24. The molecule has 1 amide bonds. The second-order valence-corrected chi connectivity index (χ2v) is 7.07. The van der Waals surface area contributed by atoms with E-state index >= 15 is 0 Å². The summed E-state index contributed by atoms with van der Waals surface area (Å²) in [6, 6.07) is 3.53. The van der Waals surface area contributed by atoms with Crippen LogP contribution in [0.15, 0.2) is 30.7 Å². The molecule has 3 aromatic heterocycles. The smallest absolute Gasteiger partial charge is 0.267 e. The number of carbonyl (C=O) groups is 1. The molecule has 3 rings (SSSR count). The van der Waals surface area contributed by atoms with E-state index in [1.165, 1.54) is 23.7 Å². The van der Waals surface area contributed by atoms with Gasteiger partial charge in [0.1, 0.15) is 10.0 Å². The van der Waals surface area contributed by atoms with Gasteiger partial charge in [-0.2, -0.15) is 0 Å². The number of thiazole rings is 1. The lowest BCUT2D eigenvalue weighted by Gasteiger charge is -2.08. The Morgan fingerprint density at radius 3 is 2.68 bits per heavy atom. The summed E-state index contributed by atoms with van der Waals surface area (Å²) in [6.07, 6.45) is 4.62. The van der Waals surface area contributed by atoms with Crippen LogP contribution in [0.4, 0.5) is 16.5 Å². The summed E-state index contributed by atoms with van der Waals surface area (Å²) < 4.78 is 0. The maximum atomic E-state index is 12.4. The minimum atomic E-state index is -0.286. The molecule has 0 radical (unpaired) electrons. The van der Waals surface area contributed by atoms with Crippen molar-refractivity contribution in [3.8, 4) is 0 Å². The highest BCUT2D eigenvalue weighted by Gasteiger charge is 2.14. The van der Waals surface area contributed by atoms with Crippen LogP contribution in [0.5, 0.6) is 0 Å². The zero-order valence-electron chi connectivity index (χ0n) is 13.3. The number of aromatic nitrogens is 3. The van der Waals surface area contributed by atoms with Crippen molar-refractivity contribution in [2.45, 2.75) is 13.8 Å². The highest BCUT2D eigenvalue weighted by Crippen LogP contribution is 2.27. The molecule has 0 aliphatic heterocycles. The molecule has 2 N–H and O–H groups in total. The van der Waals surface area contributed by atoms with E-state index in [0.29, 0.717) is 25.9 Å². The molecule has 3 aromatic rings. The summed E-state index contributed by atoms with van der Waals surface area (Å²) in [6.45, 7) is 3.67. The van der Waals surface area contributed by atoms with Crippen LogP contribution in [-0.2, 0) is 0 Å². The number of halogens is 2. The molecule has 3 heterocycles. The summed E-state index contributed by atoms with van der Waals surface area (Å²) in [5.74, 6) is -0.286. The molecule has 0 unspecified atom stereocenters. The van der Waals surface area contributed by atoms with Crippen LogP contribution in [0, 0.1) is 13.8 Å². The Morgan fingerprint density at radius 1 is 1.16 bits per heavy atom. The zero-order chi connectivity index (χ0) is 18.0. The minimum Gasteiger partial charge on any atom is -0.331 e. The Morgan fingerprint density at radius 2 is 1.96 bits per heavy atom. The number of anilines is 3. The van der Waals surface area contributed by atoms with E-state index in [9.17, 15) is 4.79 Å². The Kier molecular flexibility index (Phi) is 5.17. The monoisotopic (exact) mass is 393 g/mol. The molecule has 6 nitrogen and oxygen atoms in total. The van der Waals surface area contributed by atoms with Gasteiger partial charge in [-0.15, -0.1) is 0 Å². The maximum Gasteiger partial charge on any atom is 0.267 e. The van der Waals surface area contributed by atoms with Crippen molar-refractivity contribution < 1.29 is 4.79 Å². The van der Waals surface area contributed by atoms with Gasteiger partial charge in [0.2, 0.25) is 0 Å². The molecule has 0 spiro atoms. The third-order valence-corrected chi connectivity index (χ3v) is 4.62. The summed E-state index contributed by atoms with van der Waals surface area (Å²) in [4.78, 5) is 25.2. The SMILES string of the molecule is Cc1cc(Nc2ncc(C(=O)Nc3c(C)cncc3Cl)s2)cc(Cl)n1. The molecule has 0 bridgehead atoms. The summed E-state index contributed by atoms with van der Waals surface area (Å²) in [7, 11) is 0. The minimum absolute atomic E-state index is 0.286. The first kappa shape index (κ1) is 17.6. The van der Waals surface area contributed by atoms with Crippen molar-refractivity contribution in [3.05, 3.63) is 57.0 Å². The lowest BCUT2D eigenvalue weighted by atomic mass is 10.2. The van der Waals surface area contributed by atoms with Crippen LogP contribution < -0.4 is 10.6 Å². The lowest BCUT2D eigenvalue weighted by molar-refractivity contribution is 0.103. The third-order valence-electron chi connectivity index (χ3n) is 3.23. The van der Waals surface area contributed by atoms with Crippen molar-refractivity contribution in [2.75, 3.05) is 10.6 Å². The van der Waals surface area contributed by atoms with Crippen molar-refractivity contribution in [2.24, 2.45) is 0 Å². The molecule has 0 saturated carbocycles. The highest BCUT2D eigenvalue weighted by molar-refractivity contribution is 7.17.